The van der Waals surface area contributed by atoms with Crippen LogP contribution in [0.5, 0.6) is 0 Å². The fourth-order valence-corrected chi connectivity index (χ4v) is 10.2. The maximum Gasteiger partial charge on any atom is 0.308 e. The Labute approximate surface area is 457 Å². The molecule has 2 fully saturated rings. The Morgan fingerprint density at radius 3 is 1.33 bits per heavy atom. The summed E-state index contributed by atoms with van der Waals surface area (Å²) in [6.45, 7) is 13.5. The number of carboxylic acids is 1. The van der Waals surface area contributed by atoms with Crippen LogP contribution >= 0.6 is 0 Å². The molecule has 0 radical (unpaired) electrons. The van der Waals surface area contributed by atoms with Crippen LogP contribution in [0.4, 0.5) is 0 Å². The van der Waals surface area contributed by atoms with Gasteiger partial charge in [-0.05, 0) is 13.8 Å². The van der Waals surface area contributed by atoms with Crippen molar-refractivity contribution in [3.05, 3.63) is 23.8 Å². The number of aliphatic carboxylic acids is 1. The molecule has 2 aromatic rings. The monoisotopic (exact) mass is 1160 g/mol. The molecule has 0 spiro atoms. The Kier molecular flexibility index (Phi) is 31.1. The molecule has 7 atom stereocenters. The largest absolute Gasteiger partial charge is 0.481 e. The first-order valence-electron chi connectivity index (χ1n) is 26.5. The fraction of sp³-hybridized carbons (Fsp3) is 0.851. The molecule has 0 aliphatic carbocycles. The third kappa shape index (κ3) is 26.6. The number of rotatable bonds is 43. The SMILES string of the molecule is CCOC(O)C(OCC(C)C(=O)NCCOCCOCCOCCn1cc(CN2CCS(=O)(=O)CC2)nn1)C(OCC(C)C(=O)NCCOCCOCCOCCn1cc(CN2CCS(=O)(=O)CC2)nn1)C(O)C(C)C(=O)O. The summed E-state index contributed by atoms with van der Waals surface area (Å²) in [5.41, 5.74) is 1.53. The first kappa shape index (κ1) is 66.6. The fourth-order valence-electron chi connectivity index (χ4n) is 7.64. The van der Waals surface area contributed by atoms with Crippen LogP contribution < -0.4 is 10.6 Å². The number of amides is 2. The number of aromatic nitrogens is 6. The van der Waals surface area contributed by atoms with Gasteiger partial charge in [0.2, 0.25) is 11.8 Å². The predicted molar refractivity (Wildman–Crippen MR) is 277 cm³/mol. The van der Waals surface area contributed by atoms with Gasteiger partial charge in [-0.2, -0.15) is 0 Å². The molecule has 2 aliphatic heterocycles. The van der Waals surface area contributed by atoms with Gasteiger partial charge >= 0.3 is 5.97 Å². The van der Waals surface area contributed by atoms with Crippen molar-refractivity contribution in [2.45, 2.75) is 78.5 Å². The maximum absolute atomic E-state index is 13.0. The van der Waals surface area contributed by atoms with E-state index in [1.807, 2.05) is 22.2 Å². The van der Waals surface area contributed by atoms with E-state index in [9.17, 15) is 46.5 Å². The molecule has 78 heavy (non-hydrogen) atoms. The lowest BCUT2D eigenvalue weighted by Crippen LogP contribution is -2.53. The smallest absolute Gasteiger partial charge is 0.308 e. The highest BCUT2D eigenvalue weighted by atomic mass is 32.2. The van der Waals surface area contributed by atoms with Gasteiger partial charge in [0.05, 0.1) is 164 Å². The number of hydrogen-bond donors (Lipinski definition) is 5. The molecule has 5 N–H and O–H groups in total. The van der Waals surface area contributed by atoms with E-state index in [1.54, 1.807) is 30.1 Å². The minimum atomic E-state index is -2.94. The zero-order valence-corrected chi connectivity index (χ0v) is 47.1. The number of aliphatic hydroxyl groups is 2. The Morgan fingerprint density at radius 2 is 0.949 bits per heavy atom. The molecule has 29 nitrogen and oxygen atoms in total. The number of hydrogen-bond acceptors (Lipinski definition) is 24. The van der Waals surface area contributed by atoms with Gasteiger partial charge in [0.15, 0.2) is 26.0 Å². The zero-order valence-electron chi connectivity index (χ0n) is 45.5. The van der Waals surface area contributed by atoms with Crippen LogP contribution in [0.2, 0.25) is 0 Å². The molecule has 4 heterocycles. The maximum atomic E-state index is 13.0. The molecular weight excluding hydrogens is 1070 g/mol. The minimum Gasteiger partial charge on any atom is -0.481 e. The second kappa shape index (κ2) is 36.4. The summed E-state index contributed by atoms with van der Waals surface area (Å²) in [6.07, 6.45) is -2.75. The van der Waals surface area contributed by atoms with E-state index in [2.05, 4.69) is 31.3 Å². The lowest BCUT2D eigenvalue weighted by molar-refractivity contribution is -0.235. The van der Waals surface area contributed by atoms with Crippen molar-refractivity contribution < 1.29 is 89.2 Å². The van der Waals surface area contributed by atoms with Gasteiger partial charge in [0, 0.05) is 71.4 Å². The summed E-state index contributed by atoms with van der Waals surface area (Å²) in [5, 5.41) is 53.9. The molecule has 31 heteroatoms. The van der Waals surface area contributed by atoms with E-state index in [4.69, 9.17) is 42.6 Å². The van der Waals surface area contributed by atoms with E-state index in [0.717, 1.165) is 11.4 Å². The minimum absolute atomic E-state index is 0.0226. The van der Waals surface area contributed by atoms with Crippen LogP contribution in [0, 0.1) is 17.8 Å². The molecule has 448 valence electrons. The number of carboxylic acid groups (broad SMARTS) is 1. The van der Waals surface area contributed by atoms with Crippen molar-refractivity contribution in [2.75, 3.05) is 161 Å². The number of sulfone groups is 2. The van der Waals surface area contributed by atoms with Crippen LogP contribution in [-0.2, 0) is 103 Å². The highest BCUT2D eigenvalue weighted by Crippen LogP contribution is 2.22. The molecule has 0 saturated carbocycles. The van der Waals surface area contributed by atoms with Gasteiger partial charge in [-0.25, -0.2) is 26.2 Å². The molecule has 0 aromatic carbocycles. The molecular formula is C47H84N10O19S2. The van der Waals surface area contributed by atoms with E-state index < -0.39 is 79.8 Å². The van der Waals surface area contributed by atoms with E-state index in [0.29, 0.717) is 105 Å². The normalized spacial score (nSPS) is 18.6. The summed E-state index contributed by atoms with van der Waals surface area (Å²) in [7, 11) is -5.88. The Morgan fingerprint density at radius 1 is 0.577 bits per heavy atom. The van der Waals surface area contributed by atoms with Gasteiger partial charge in [-0.1, -0.05) is 24.3 Å². The molecule has 7 unspecified atom stereocenters. The number of aliphatic hydroxyl groups excluding tert-OH is 2. The first-order valence-corrected chi connectivity index (χ1v) is 30.1. The third-order valence-corrected chi connectivity index (χ3v) is 15.7. The van der Waals surface area contributed by atoms with Gasteiger partial charge in [0.1, 0.15) is 12.2 Å². The second-order valence-electron chi connectivity index (χ2n) is 18.9. The van der Waals surface area contributed by atoms with Crippen molar-refractivity contribution in [3.8, 4) is 0 Å². The number of nitrogens with zero attached hydrogens (tertiary/aromatic N) is 8. The molecule has 2 aliphatic rings. The highest BCUT2D eigenvalue weighted by molar-refractivity contribution is 7.91. The van der Waals surface area contributed by atoms with Crippen LogP contribution in [-0.4, -0.2) is 276 Å². The summed E-state index contributed by atoms with van der Waals surface area (Å²) >= 11 is 0. The van der Waals surface area contributed by atoms with Crippen molar-refractivity contribution in [1.29, 1.82) is 0 Å². The van der Waals surface area contributed by atoms with E-state index in [1.165, 1.54) is 6.92 Å². The molecule has 2 saturated heterocycles. The van der Waals surface area contributed by atoms with E-state index >= 15 is 0 Å². The van der Waals surface area contributed by atoms with Crippen molar-refractivity contribution in [2.24, 2.45) is 17.8 Å². The number of carbonyl (C=O) groups is 3. The van der Waals surface area contributed by atoms with Crippen LogP contribution in [0.3, 0.4) is 0 Å². The van der Waals surface area contributed by atoms with Crippen LogP contribution in [0.25, 0.3) is 0 Å². The average molecular weight is 1160 g/mol. The van der Waals surface area contributed by atoms with Gasteiger partial charge in [0.25, 0.3) is 0 Å². The Bertz CT molecular complexity index is 2220. The van der Waals surface area contributed by atoms with Gasteiger partial charge < -0.3 is 68.6 Å². The molecule has 2 amide bonds. The second-order valence-corrected chi connectivity index (χ2v) is 23.5. The number of nitrogens with one attached hydrogen (secondary N) is 2. The summed E-state index contributed by atoms with van der Waals surface area (Å²) < 4.78 is 101. The average Bonchev–Trinajstić information content (AvgIpc) is 4.07. The molecule has 0 bridgehead atoms. The molecule has 2 aromatic heterocycles. The quantitative estimate of drug-likeness (QED) is 0.0323. The van der Waals surface area contributed by atoms with E-state index in [-0.39, 0.29) is 82.3 Å². The van der Waals surface area contributed by atoms with Gasteiger partial charge in [-0.3, -0.25) is 24.2 Å². The van der Waals surface area contributed by atoms with Crippen LogP contribution in [0.15, 0.2) is 12.4 Å². The lowest BCUT2D eigenvalue weighted by atomic mass is 9.95. The Balaban J connectivity index is 1.03. The Hall–Kier alpha value is -3.93. The number of ether oxygens (including phenoxy) is 9. The molecule has 4 rings (SSSR count). The predicted octanol–water partition coefficient (Wildman–Crippen LogP) is -3.16. The van der Waals surface area contributed by atoms with Gasteiger partial charge in [-0.15, -0.1) is 10.2 Å². The third-order valence-electron chi connectivity index (χ3n) is 12.5. The topological polar surface area (TPSA) is 355 Å². The van der Waals surface area contributed by atoms with Crippen molar-refractivity contribution in [1.82, 2.24) is 50.4 Å². The number of carbonyl (C=O) groups excluding carboxylic acids is 2. The first-order chi connectivity index (χ1) is 37.4. The standard InChI is InChI=1S/C47H84N10O19S2/c1-5-74-47(63)43(76-35-37(3)45(60)49-7-15-69-19-23-73-25-21-71-17-9-57-33-40(51-53-57)31-55-12-28-78(66,67)29-13-55)42(41(58)38(4)46(61)62)75-34-36(2)44(59)48-6-14-68-18-22-72-24-20-70-16-8-56-32-39(50-52-56)30-54-10-26-77(64,65)27-11-54/h32-33,36-38,41-43,47,58,63H,5-31,34-35H2,1-4H3,(H,48,59)(H,49,60)(H,61,62). The lowest BCUT2D eigenvalue weighted by Gasteiger charge is -2.35. The summed E-state index contributed by atoms with van der Waals surface area (Å²) in [4.78, 5) is 42.0. The van der Waals surface area contributed by atoms with Crippen LogP contribution in [0.1, 0.15) is 39.1 Å². The van der Waals surface area contributed by atoms with Crippen molar-refractivity contribution in [3.63, 3.8) is 0 Å². The van der Waals surface area contributed by atoms with Crippen molar-refractivity contribution >= 4 is 37.5 Å². The summed E-state index contributed by atoms with van der Waals surface area (Å²) in [6, 6.07) is 0. The summed E-state index contributed by atoms with van der Waals surface area (Å²) in [5.74, 6) is -4.49. The zero-order chi connectivity index (χ0) is 56.8. The highest BCUT2D eigenvalue weighted by Gasteiger charge is 2.41.